The average molecular weight is 375 g/mol. The molecule has 0 radical (unpaired) electrons. The van der Waals surface area contributed by atoms with Crippen molar-refractivity contribution in [2.24, 2.45) is 5.92 Å². The first-order valence-corrected chi connectivity index (χ1v) is 10.8. The van der Waals surface area contributed by atoms with Gasteiger partial charge in [-0.2, -0.15) is 0 Å². The van der Waals surface area contributed by atoms with Gasteiger partial charge in [-0.15, -0.1) is 10.2 Å². The van der Waals surface area contributed by atoms with Crippen LogP contribution >= 0.6 is 11.3 Å². The van der Waals surface area contributed by atoms with Crippen LogP contribution in [-0.4, -0.2) is 51.2 Å². The van der Waals surface area contributed by atoms with Crippen LogP contribution in [0.3, 0.4) is 0 Å². The minimum absolute atomic E-state index is 0.0886. The largest absolute Gasteiger partial charge is 0.348 e. The zero-order valence-corrected chi connectivity index (χ0v) is 17.0. The van der Waals surface area contributed by atoms with Crippen molar-refractivity contribution in [1.29, 1.82) is 0 Å². The topological polar surface area (TPSA) is 60.9 Å². The van der Waals surface area contributed by atoms with Crippen LogP contribution in [0, 0.1) is 5.92 Å². The summed E-state index contributed by atoms with van der Waals surface area (Å²) in [4.78, 5) is 13.3. The Kier molecular flexibility index (Phi) is 5.01. The molecule has 0 aromatic carbocycles. The number of nitrogens with one attached hydrogen (secondary N) is 1. The summed E-state index contributed by atoms with van der Waals surface area (Å²) >= 11 is 1.77. The molecule has 2 aliphatic rings. The van der Waals surface area contributed by atoms with Gasteiger partial charge in [0.2, 0.25) is 5.13 Å². The monoisotopic (exact) mass is 374 g/mol. The van der Waals surface area contributed by atoms with Crippen LogP contribution in [0.5, 0.6) is 0 Å². The van der Waals surface area contributed by atoms with Gasteiger partial charge < -0.3 is 9.88 Å². The number of imidazole rings is 1. The third-order valence-corrected chi connectivity index (χ3v) is 6.81. The molecule has 0 amide bonds. The number of aromatic nitrogens is 4. The van der Waals surface area contributed by atoms with Gasteiger partial charge in [-0.05, 0) is 25.2 Å². The number of piperidine rings is 1. The van der Waals surface area contributed by atoms with Crippen LogP contribution in [0.15, 0.2) is 6.33 Å². The fourth-order valence-electron chi connectivity index (χ4n) is 4.54. The van der Waals surface area contributed by atoms with Gasteiger partial charge in [0.1, 0.15) is 5.01 Å². The van der Waals surface area contributed by atoms with Gasteiger partial charge in [0.15, 0.2) is 0 Å². The molecule has 26 heavy (non-hydrogen) atoms. The number of fused-ring (bicyclic) bond motifs is 2. The molecule has 2 aromatic heterocycles. The van der Waals surface area contributed by atoms with E-state index in [0.717, 1.165) is 68.4 Å². The second-order valence-electron chi connectivity index (χ2n) is 8.07. The Bertz CT molecular complexity index is 728. The number of nitrogens with zero attached hydrogens (tertiary/aromatic N) is 5. The molecule has 2 aromatic rings. The third kappa shape index (κ3) is 3.16. The summed E-state index contributed by atoms with van der Waals surface area (Å²) in [6.07, 6.45) is 7.36. The van der Waals surface area contributed by atoms with Gasteiger partial charge >= 0.3 is 0 Å². The Morgan fingerprint density at radius 2 is 2.04 bits per heavy atom. The summed E-state index contributed by atoms with van der Waals surface area (Å²) in [7, 11) is 0. The first-order chi connectivity index (χ1) is 12.6. The maximum absolute atomic E-state index is 4.78. The number of anilines is 1. The summed E-state index contributed by atoms with van der Waals surface area (Å²) in [5.74, 6) is 0.671. The molecule has 1 spiro atoms. The third-order valence-electron chi connectivity index (χ3n) is 5.76. The minimum Gasteiger partial charge on any atom is -0.348 e. The van der Waals surface area contributed by atoms with E-state index in [1.165, 1.54) is 11.4 Å². The van der Waals surface area contributed by atoms with Gasteiger partial charge in [0.05, 0.1) is 17.6 Å². The fraction of sp³-hybridized carbons (Fsp3) is 0.737. The molecule has 4 rings (SSSR count). The highest BCUT2D eigenvalue weighted by Crippen LogP contribution is 2.43. The zero-order chi connectivity index (χ0) is 18.1. The Balaban J connectivity index is 1.54. The van der Waals surface area contributed by atoms with Crippen LogP contribution < -0.4 is 4.90 Å². The number of hydrogen-bond donors (Lipinski definition) is 1. The lowest BCUT2D eigenvalue weighted by Crippen LogP contribution is -2.57. The van der Waals surface area contributed by atoms with E-state index in [0.29, 0.717) is 5.92 Å². The maximum Gasteiger partial charge on any atom is 0.208 e. The van der Waals surface area contributed by atoms with E-state index in [1.54, 1.807) is 11.3 Å². The molecule has 6 nitrogen and oxygen atoms in total. The molecule has 142 valence electrons. The van der Waals surface area contributed by atoms with E-state index in [9.17, 15) is 0 Å². The van der Waals surface area contributed by atoms with Gasteiger partial charge in [-0.25, -0.2) is 4.98 Å². The van der Waals surface area contributed by atoms with Crippen molar-refractivity contribution >= 4 is 16.5 Å². The van der Waals surface area contributed by atoms with Crippen LogP contribution in [0.2, 0.25) is 0 Å². The molecule has 0 aliphatic carbocycles. The molecule has 0 unspecified atom stereocenters. The van der Waals surface area contributed by atoms with E-state index >= 15 is 0 Å². The predicted molar refractivity (Wildman–Crippen MR) is 106 cm³/mol. The van der Waals surface area contributed by atoms with Crippen molar-refractivity contribution < 1.29 is 0 Å². The molecule has 4 heterocycles. The molecule has 2 aliphatic heterocycles. The van der Waals surface area contributed by atoms with Crippen molar-refractivity contribution in [1.82, 2.24) is 25.1 Å². The number of rotatable bonds is 5. The number of hydrogen-bond acceptors (Lipinski definition) is 6. The van der Waals surface area contributed by atoms with E-state index in [1.807, 2.05) is 6.33 Å². The Morgan fingerprint density at radius 3 is 2.77 bits per heavy atom. The molecule has 7 heteroatoms. The van der Waals surface area contributed by atoms with E-state index in [4.69, 9.17) is 4.98 Å². The summed E-state index contributed by atoms with van der Waals surface area (Å²) in [5.41, 5.74) is 2.73. The highest BCUT2D eigenvalue weighted by molar-refractivity contribution is 7.15. The smallest absolute Gasteiger partial charge is 0.208 e. The number of H-pyrrole nitrogens is 1. The molecule has 0 saturated carbocycles. The lowest BCUT2D eigenvalue weighted by atomic mass is 9.78. The van der Waals surface area contributed by atoms with Crippen LogP contribution in [0.25, 0.3) is 0 Å². The zero-order valence-electron chi connectivity index (χ0n) is 16.2. The standard InChI is InChI=1S/C19H30N6S/c1-4-5-16-22-23-18(26-16)24-10-7-19(8-11-24)17-15(20-13-21-17)6-9-25(19)12-14(2)3/h13-14H,4-12H2,1-3H3,(H,20,21). The van der Waals surface area contributed by atoms with Gasteiger partial charge in [-0.1, -0.05) is 32.1 Å². The van der Waals surface area contributed by atoms with Crippen molar-refractivity contribution in [3.05, 3.63) is 22.7 Å². The van der Waals surface area contributed by atoms with Crippen molar-refractivity contribution in [3.8, 4) is 0 Å². The molecule has 1 fully saturated rings. The van der Waals surface area contributed by atoms with E-state index < -0.39 is 0 Å². The molecule has 0 atom stereocenters. The maximum atomic E-state index is 4.78. The second-order valence-corrected chi connectivity index (χ2v) is 9.11. The normalized spacial score (nSPS) is 20.1. The molecular weight excluding hydrogens is 344 g/mol. The Morgan fingerprint density at radius 1 is 1.23 bits per heavy atom. The number of aromatic amines is 1. The highest BCUT2D eigenvalue weighted by Gasteiger charge is 2.46. The minimum atomic E-state index is 0.0886. The Labute approximate surface area is 160 Å². The Hall–Kier alpha value is -1.47. The average Bonchev–Trinajstić information content (AvgIpc) is 3.28. The quantitative estimate of drug-likeness (QED) is 0.871. The molecular formula is C19H30N6S. The van der Waals surface area contributed by atoms with Crippen molar-refractivity contribution in [2.45, 2.75) is 58.4 Å². The fourth-order valence-corrected chi connectivity index (χ4v) is 5.53. The second kappa shape index (κ2) is 7.27. The summed E-state index contributed by atoms with van der Waals surface area (Å²) in [5, 5.41) is 11.1. The predicted octanol–water partition coefficient (Wildman–Crippen LogP) is 3.22. The van der Waals surface area contributed by atoms with Crippen molar-refractivity contribution in [2.75, 3.05) is 31.1 Å². The summed E-state index contributed by atoms with van der Waals surface area (Å²) in [6.45, 7) is 11.2. The van der Waals surface area contributed by atoms with Gasteiger partial charge in [0, 0.05) is 44.7 Å². The molecule has 1 saturated heterocycles. The first kappa shape index (κ1) is 17.9. The van der Waals surface area contributed by atoms with Crippen molar-refractivity contribution in [3.63, 3.8) is 0 Å². The number of aryl methyl sites for hydroxylation is 1. The van der Waals surface area contributed by atoms with Crippen LogP contribution in [0.4, 0.5) is 5.13 Å². The van der Waals surface area contributed by atoms with Gasteiger partial charge in [-0.3, -0.25) is 4.90 Å². The van der Waals surface area contributed by atoms with Gasteiger partial charge in [0.25, 0.3) is 0 Å². The molecule has 0 bridgehead atoms. The van der Waals surface area contributed by atoms with E-state index in [2.05, 4.69) is 45.8 Å². The summed E-state index contributed by atoms with van der Waals surface area (Å²) in [6, 6.07) is 0. The van der Waals surface area contributed by atoms with Crippen LogP contribution in [-0.2, 0) is 18.4 Å². The first-order valence-electron chi connectivity index (χ1n) is 9.97. The lowest BCUT2D eigenvalue weighted by molar-refractivity contribution is 0.0342. The van der Waals surface area contributed by atoms with Crippen LogP contribution in [0.1, 0.15) is 56.4 Å². The summed E-state index contributed by atoms with van der Waals surface area (Å²) < 4.78 is 0. The lowest BCUT2D eigenvalue weighted by Gasteiger charge is -2.51. The highest BCUT2D eigenvalue weighted by atomic mass is 32.1. The van der Waals surface area contributed by atoms with E-state index in [-0.39, 0.29) is 5.54 Å². The SMILES string of the molecule is CCCc1nnc(N2CCC3(CC2)c2nc[nH]c2CCN3CC(C)C)s1. The molecule has 1 N–H and O–H groups in total.